The van der Waals surface area contributed by atoms with E-state index in [1.165, 1.54) is 11.1 Å². The molecule has 8 atom stereocenters. The first kappa shape index (κ1) is 30.2. The van der Waals surface area contributed by atoms with Crippen molar-refractivity contribution in [1.29, 1.82) is 0 Å². The van der Waals surface area contributed by atoms with Crippen molar-refractivity contribution in [2.45, 2.75) is 104 Å². The van der Waals surface area contributed by atoms with E-state index < -0.39 is 6.10 Å². The Morgan fingerprint density at radius 1 is 1.00 bits per heavy atom. The number of ether oxygens (including phenoxy) is 4. The molecule has 0 unspecified atom stereocenters. The highest BCUT2D eigenvalue weighted by molar-refractivity contribution is 5.18. The Bertz CT molecular complexity index is 1010. The van der Waals surface area contributed by atoms with Crippen LogP contribution >= 0.6 is 0 Å². The Morgan fingerprint density at radius 3 is 2.49 bits per heavy atom. The van der Waals surface area contributed by atoms with Gasteiger partial charge < -0.3 is 24.1 Å². The lowest BCUT2D eigenvalue weighted by Gasteiger charge is -2.39. The predicted molar refractivity (Wildman–Crippen MR) is 156 cm³/mol. The van der Waals surface area contributed by atoms with Gasteiger partial charge in [-0.2, -0.15) is 0 Å². The van der Waals surface area contributed by atoms with Gasteiger partial charge in [0.05, 0.1) is 24.9 Å². The number of rotatable bonds is 6. The molecule has 1 heterocycles. The van der Waals surface area contributed by atoms with Crippen molar-refractivity contribution in [2.75, 3.05) is 13.9 Å². The summed E-state index contributed by atoms with van der Waals surface area (Å²) in [5.74, 6) is 0.824. The highest BCUT2D eigenvalue weighted by Gasteiger charge is 2.64. The molecule has 5 nitrogen and oxygen atoms in total. The van der Waals surface area contributed by atoms with E-state index in [4.69, 9.17) is 18.9 Å². The zero-order valence-corrected chi connectivity index (χ0v) is 24.9. The first-order valence-corrected chi connectivity index (χ1v) is 14.8. The van der Waals surface area contributed by atoms with Gasteiger partial charge in [0, 0.05) is 18.4 Å². The van der Waals surface area contributed by atoms with Crippen LogP contribution < -0.4 is 0 Å². The van der Waals surface area contributed by atoms with E-state index in [1.54, 1.807) is 7.11 Å². The molecule has 1 aromatic carbocycles. The second kappa shape index (κ2) is 13.7. The van der Waals surface area contributed by atoms with Crippen LogP contribution in [0.15, 0.2) is 65.3 Å². The molecule has 0 amide bonds. The third-order valence-corrected chi connectivity index (χ3v) is 9.54. The van der Waals surface area contributed by atoms with Crippen molar-refractivity contribution in [1.82, 2.24) is 0 Å². The summed E-state index contributed by atoms with van der Waals surface area (Å²) >= 11 is 0. The largest absolute Gasteiger partial charge is 0.389 e. The summed E-state index contributed by atoms with van der Waals surface area (Å²) < 4.78 is 25.0. The van der Waals surface area contributed by atoms with Crippen molar-refractivity contribution in [3.8, 4) is 0 Å². The van der Waals surface area contributed by atoms with Crippen molar-refractivity contribution in [3.05, 3.63) is 70.8 Å². The SMILES string of the molecule is COCO[C@@H]1[C@@H]2O[C@H](OCc3ccccc3)[C@@H](C)[C@@H]2[C@H]2C/C=C(\C)[C@@H](O)CC/C(C)=C/CC/C(C)=C/C[C@@]21C. The Labute approximate surface area is 236 Å². The van der Waals surface area contributed by atoms with Gasteiger partial charge in [0.1, 0.15) is 6.79 Å². The average molecular weight is 539 g/mol. The lowest BCUT2D eigenvalue weighted by atomic mass is 9.69. The van der Waals surface area contributed by atoms with E-state index in [2.05, 4.69) is 65.0 Å². The molecule has 2 fully saturated rings. The third kappa shape index (κ3) is 7.12. The smallest absolute Gasteiger partial charge is 0.161 e. The topological polar surface area (TPSA) is 57.2 Å². The number of hydrogen-bond donors (Lipinski definition) is 1. The van der Waals surface area contributed by atoms with E-state index in [0.29, 0.717) is 12.5 Å². The van der Waals surface area contributed by atoms with Gasteiger partial charge in [-0.25, -0.2) is 0 Å². The Balaban J connectivity index is 1.64. The second-order valence-corrected chi connectivity index (χ2v) is 12.4. The maximum Gasteiger partial charge on any atom is 0.161 e. The molecule has 0 bridgehead atoms. The number of methoxy groups -OCH3 is 1. The van der Waals surface area contributed by atoms with Crippen LogP contribution in [0, 0.1) is 23.2 Å². The van der Waals surface area contributed by atoms with Crippen molar-refractivity contribution >= 4 is 0 Å². The van der Waals surface area contributed by atoms with Gasteiger partial charge in [0.2, 0.25) is 0 Å². The van der Waals surface area contributed by atoms with Crippen LogP contribution in [-0.2, 0) is 25.6 Å². The van der Waals surface area contributed by atoms with Crippen molar-refractivity contribution < 1.29 is 24.1 Å². The number of aliphatic hydroxyl groups excluding tert-OH is 1. The normalized spacial score (nSPS) is 40.2. The van der Waals surface area contributed by atoms with Crippen LogP contribution in [-0.4, -0.2) is 43.6 Å². The van der Waals surface area contributed by atoms with Crippen LogP contribution in [0.2, 0.25) is 0 Å². The summed E-state index contributed by atoms with van der Waals surface area (Å²) in [6, 6.07) is 10.3. The maximum absolute atomic E-state index is 10.9. The molecular weight excluding hydrogens is 488 g/mol. The van der Waals surface area contributed by atoms with Gasteiger partial charge in [-0.15, -0.1) is 0 Å². The van der Waals surface area contributed by atoms with Gasteiger partial charge in [0.25, 0.3) is 0 Å². The molecule has 4 rings (SSSR count). The van der Waals surface area contributed by atoms with Gasteiger partial charge in [-0.3, -0.25) is 0 Å². The van der Waals surface area contributed by atoms with Gasteiger partial charge in [-0.05, 0) is 82.3 Å². The molecule has 0 aromatic heterocycles. The molecule has 216 valence electrons. The number of allylic oxidation sites excluding steroid dienone is 5. The number of hydrogen-bond acceptors (Lipinski definition) is 5. The molecule has 3 aliphatic rings. The molecule has 0 spiro atoms. The minimum Gasteiger partial charge on any atom is -0.389 e. The molecule has 1 aliphatic heterocycles. The number of benzene rings is 1. The van der Waals surface area contributed by atoms with E-state index in [1.807, 2.05) is 18.2 Å². The summed E-state index contributed by atoms with van der Waals surface area (Å²) in [6.07, 6.45) is 11.8. The minimum atomic E-state index is -0.415. The second-order valence-electron chi connectivity index (χ2n) is 12.4. The molecule has 1 saturated carbocycles. The maximum atomic E-state index is 10.9. The first-order valence-electron chi connectivity index (χ1n) is 14.8. The lowest BCUT2D eigenvalue weighted by Crippen LogP contribution is -2.41. The van der Waals surface area contributed by atoms with Crippen LogP contribution in [0.3, 0.4) is 0 Å². The highest BCUT2D eigenvalue weighted by atomic mass is 16.7. The standard InChI is InChI=1S/C34H50O5/c1-23-11-10-12-24(2)19-20-34(5)28(17-16-25(3)29(35)18-15-23)30-26(4)33(37-21-27-13-8-7-9-14-27)39-31(30)32(34)38-22-36-6/h7-9,11,13-14,16,19,26,28-33,35H,10,12,15,17-18,20-22H2,1-6H3/b23-11+,24-19+,25-16+/t26-,28+,29-,30+,31+,32+,33-,34-/m0/s1. The number of aliphatic hydroxyl groups is 1. The Hall–Kier alpha value is -1.76. The van der Waals surface area contributed by atoms with Crippen LogP contribution in [0.25, 0.3) is 0 Å². The molecule has 1 N–H and O–H groups in total. The molecule has 1 aromatic rings. The van der Waals surface area contributed by atoms with E-state index in [-0.39, 0.29) is 42.5 Å². The summed E-state index contributed by atoms with van der Waals surface area (Å²) in [6.45, 7) is 11.9. The molecule has 1 saturated heterocycles. The highest BCUT2D eigenvalue weighted by Crippen LogP contribution is 2.59. The fourth-order valence-corrected chi connectivity index (χ4v) is 6.99. The predicted octanol–water partition coefficient (Wildman–Crippen LogP) is 7.36. The fourth-order valence-electron chi connectivity index (χ4n) is 6.99. The zero-order chi connectivity index (χ0) is 28.0. The quantitative estimate of drug-likeness (QED) is 0.303. The number of fused-ring (bicyclic) bond motifs is 3. The summed E-state index contributed by atoms with van der Waals surface area (Å²) in [5.41, 5.74) is 4.85. The van der Waals surface area contributed by atoms with Crippen molar-refractivity contribution in [3.63, 3.8) is 0 Å². The monoisotopic (exact) mass is 538 g/mol. The van der Waals surface area contributed by atoms with Gasteiger partial charge in [0.15, 0.2) is 6.29 Å². The van der Waals surface area contributed by atoms with Crippen LogP contribution in [0.4, 0.5) is 0 Å². The summed E-state index contributed by atoms with van der Waals surface area (Å²) in [4.78, 5) is 0. The lowest BCUT2D eigenvalue weighted by molar-refractivity contribution is -0.202. The van der Waals surface area contributed by atoms with E-state index in [0.717, 1.165) is 49.7 Å². The fraction of sp³-hybridized carbons (Fsp3) is 0.647. The molecule has 0 radical (unpaired) electrons. The molecule has 5 heteroatoms. The molecule has 2 aliphatic carbocycles. The molecular formula is C34H50O5. The minimum absolute atomic E-state index is 0.0669. The van der Waals surface area contributed by atoms with E-state index >= 15 is 0 Å². The zero-order valence-electron chi connectivity index (χ0n) is 24.9. The summed E-state index contributed by atoms with van der Waals surface area (Å²) in [5, 5.41) is 10.9. The van der Waals surface area contributed by atoms with Crippen molar-refractivity contribution in [2.24, 2.45) is 23.2 Å². The Morgan fingerprint density at radius 2 is 1.74 bits per heavy atom. The first-order chi connectivity index (χ1) is 18.7. The van der Waals surface area contributed by atoms with Gasteiger partial charge in [-0.1, -0.05) is 73.6 Å². The van der Waals surface area contributed by atoms with Crippen LogP contribution in [0.5, 0.6) is 0 Å². The van der Waals surface area contributed by atoms with Crippen LogP contribution in [0.1, 0.15) is 78.7 Å². The Kier molecular flexibility index (Phi) is 10.6. The third-order valence-electron chi connectivity index (χ3n) is 9.54. The molecule has 39 heavy (non-hydrogen) atoms. The van der Waals surface area contributed by atoms with Gasteiger partial charge >= 0.3 is 0 Å². The average Bonchev–Trinajstić information content (AvgIpc) is 3.36. The van der Waals surface area contributed by atoms with E-state index in [9.17, 15) is 5.11 Å². The summed E-state index contributed by atoms with van der Waals surface area (Å²) in [7, 11) is 1.68.